The second kappa shape index (κ2) is 7.97. The van der Waals surface area contributed by atoms with E-state index in [2.05, 4.69) is 30.1 Å². The second-order valence-corrected chi connectivity index (χ2v) is 4.52. The van der Waals surface area contributed by atoms with Crippen molar-refractivity contribution in [3.8, 4) is 6.07 Å². The van der Waals surface area contributed by atoms with Crippen molar-refractivity contribution in [3.63, 3.8) is 0 Å². The fraction of sp³-hybridized carbons (Fsp3) is 0.500. The first-order chi connectivity index (χ1) is 8.71. The van der Waals surface area contributed by atoms with Gasteiger partial charge in [-0.2, -0.15) is 5.26 Å². The molecule has 3 nitrogen and oxygen atoms in total. The van der Waals surface area contributed by atoms with E-state index in [-0.39, 0.29) is 0 Å². The van der Waals surface area contributed by atoms with Crippen LogP contribution < -0.4 is 5.32 Å². The molecule has 1 aromatic rings. The van der Waals surface area contributed by atoms with Crippen LogP contribution >= 0.6 is 11.6 Å². The second-order valence-electron chi connectivity index (χ2n) is 4.11. The van der Waals surface area contributed by atoms with Gasteiger partial charge >= 0.3 is 0 Å². The van der Waals surface area contributed by atoms with Crippen LogP contribution in [0.25, 0.3) is 0 Å². The number of nitriles is 1. The lowest BCUT2D eigenvalue weighted by Crippen LogP contribution is -2.25. The molecular weight excluding hydrogens is 246 g/mol. The van der Waals surface area contributed by atoms with Crippen molar-refractivity contribution in [2.75, 3.05) is 31.5 Å². The Hall–Kier alpha value is -1.24. The number of anilines is 1. The highest BCUT2D eigenvalue weighted by atomic mass is 35.5. The van der Waals surface area contributed by atoms with Crippen LogP contribution in [-0.2, 0) is 0 Å². The van der Waals surface area contributed by atoms with E-state index in [4.69, 9.17) is 16.9 Å². The molecule has 0 spiro atoms. The molecule has 0 bridgehead atoms. The van der Waals surface area contributed by atoms with Gasteiger partial charge in [0.25, 0.3) is 0 Å². The summed E-state index contributed by atoms with van der Waals surface area (Å²) >= 11 is 5.97. The topological polar surface area (TPSA) is 39.1 Å². The third kappa shape index (κ3) is 4.56. The molecule has 1 aromatic carbocycles. The number of hydrogen-bond acceptors (Lipinski definition) is 3. The molecule has 0 aromatic heterocycles. The third-order valence-electron chi connectivity index (χ3n) is 2.96. The Kier molecular flexibility index (Phi) is 6.56. The van der Waals surface area contributed by atoms with Crippen LogP contribution in [0.1, 0.15) is 25.8 Å². The van der Waals surface area contributed by atoms with Crippen LogP contribution in [0.5, 0.6) is 0 Å². The van der Waals surface area contributed by atoms with E-state index in [1.165, 1.54) is 0 Å². The Balaban J connectivity index is 2.36. The highest BCUT2D eigenvalue weighted by Crippen LogP contribution is 2.19. The highest BCUT2D eigenvalue weighted by molar-refractivity contribution is 6.32. The molecule has 1 rings (SSSR count). The quantitative estimate of drug-likeness (QED) is 0.769. The molecule has 0 atom stereocenters. The molecule has 0 amide bonds. The van der Waals surface area contributed by atoms with Crippen LogP contribution in [0, 0.1) is 11.3 Å². The summed E-state index contributed by atoms with van der Waals surface area (Å²) < 4.78 is 0. The van der Waals surface area contributed by atoms with Gasteiger partial charge in [0.2, 0.25) is 0 Å². The van der Waals surface area contributed by atoms with Crippen LogP contribution in [0.4, 0.5) is 5.69 Å². The zero-order chi connectivity index (χ0) is 13.4. The number of halogens is 1. The van der Waals surface area contributed by atoms with Crippen molar-refractivity contribution in [1.29, 1.82) is 5.26 Å². The summed E-state index contributed by atoms with van der Waals surface area (Å²) in [5, 5.41) is 12.6. The fourth-order valence-electron chi connectivity index (χ4n) is 1.79. The van der Waals surface area contributed by atoms with Gasteiger partial charge < -0.3 is 10.2 Å². The van der Waals surface area contributed by atoms with E-state index in [0.717, 1.165) is 38.3 Å². The molecule has 0 aliphatic rings. The number of rotatable bonds is 7. The van der Waals surface area contributed by atoms with Crippen LogP contribution in [0.3, 0.4) is 0 Å². The summed E-state index contributed by atoms with van der Waals surface area (Å²) in [6, 6.07) is 7.49. The molecule has 0 aliphatic heterocycles. The first-order valence-corrected chi connectivity index (χ1v) is 6.75. The SMILES string of the molecule is CCN(CC)CCCNc1ccc(C#N)c(Cl)c1. The number of nitrogens with one attached hydrogen (secondary N) is 1. The maximum absolute atomic E-state index is 8.78. The van der Waals surface area contributed by atoms with E-state index in [1.54, 1.807) is 12.1 Å². The Morgan fingerprint density at radius 2 is 2.06 bits per heavy atom. The van der Waals surface area contributed by atoms with E-state index in [9.17, 15) is 0 Å². The van der Waals surface area contributed by atoms with Gasteiger partial charge in [0.1, 0.15) is 6.07 Å². The molecule has 0 heterocycles. The number of benzene rings is 1. The lowest BCUT2D eigenvalue weighted by atomic mass is 10.2. The molecule has 0 fully saturated rings. The van der Waals surface area contributed by atoms with Crippen LogP contribution in [-0.4, -0.2) is 31.1 Å². The van der Waals surface area contributed by atoms with Crippen LogP contribution in [0.15, 0.2) is 18.2 Å². The predicted octanol–water partition coefficient (Wildman–Crippen LogP) is 3.36. The molecule has 0 aliphatic carbocycles. The van der Waals surface area contributed by atoms with Gasteiger partial charge in [-0.3, -0.25) is 0 Å². The molecular formula is C14H20ClN3. The summed E-state index contributed by atoms with van der Waals surface area (Å²) in [4.78, 5) is 2.40. The molecule has 0 unspecified atom stereocenters. The molecule has 0 saturated carbocycles. The minimum Gasteiger partial charge on any atom is -0.385 e. The lowest BCUT2D eigenvalue weighted by molar-refractivity contribution is 0.303. The summed E-state index contributed by atoms with van der Waals surface area (Å²) in [7, 11) is 0. The van der Waals surface area contributed by atoms with E-state index in [1.807, 2.05) is 6.07 Å². The smallest absolute Gasteiger partial charge is 0.101 e. The first kappa shape index (κ1) is 14.8. The number of nitrogens with zero attached hydrogens (tertiary/aromatic N) is 2. The summed E-state index contributed by atoms with van der Waals surface area (Å²) in [6.45, 7) is 8.57. The first-order valence-electron chi connectivity index (χ1n) is 6.37. The summed E-state index contributed by atoms with van der Waals surface area (Å²) in [5.74, 6) is 0. The average Bonchev–Trinajstić information content (AvgIpc) is 2.39. The van der Waals surface area contributed by atoms with E-state index >= 15 is 0 Å². The van der Waals surface area contributed by atoms with Crippen molar-refractivity contribution < 1.29 is 0 Å². The molecule has 0 saturated heterocycles. The lowest BCUT2D eigenvalue weighted by Gasteiger charge is -2.18. The normalized spacial score (nSPS) is 10.4. The van der Waals surface area contributed by atoms with Gasteiger partial charge in [-0.05, 0) is 44.3 Å². The number of hydrogen-bond donors (Lipinski definition) is 1. The average molecular weight is 266 g/mol. The van der Waals surface area contributed by atoms with Gasteiger partial charge in [-0.25, -0.2) is 0 Å². The molecule has 1 N–H and O–H groups in total. The van der Waals surface area contributed by atoms with Crippen molar-refractivity contribution in [2.45, 2.75) is 20.3 Å². The predicted molar refractivity (Wildman–Crippen MR) is 77.1 cm³/mol. The molecule has 0 radical (unpaired) electrons. The fourth-order valence-corrected chi connectivity index (χ4v) is 2.01. The summed E-state index contributed by atoms with van der Waals surface area (Å²) in [5.41, 5.74) is 1.49. The van der Waals surface area contributed by atoms with Crippen molar-refractivity contribution in [3.05, 3.63) is 28.8 Å². The summed E-state index contributed by atoms with van der Waals surface area (Å²) in [6.07, 6.45) is 1.10. The molecule has 98 valence electrons. The van der Waals surface area contributed by atoms with E-state index in [0.29, 0.717) is 10.6 Å². The van der Waals surface area contributed by atoms with Gasteiger partial charge in [0, 0.05) is 12.2 Å². The third-order valence-corrected chi connectivity index (χ3v) is 3.28. The van der Waals surface area contributed by atoms with Crippen molar-refractivity contribution in [1.82, 2.24) is 4.90 Å². The van der Waals surface area contributed by atoms with Crippen LogP contribution in [0.2, 0.25) is 5.02 Å². The largest absolute Gasteiger partial charge is 0.385 e. The maximum Gasteiger partial charge on any atom is 0.101 e. The van der Waals surface area contributed by atoms with Gasteiger partial charge in [0.15, 0.2) is 0 Å². The van der Waals surface area contributed by atoms with Gasteiger partial charge in [-0.15, -0.1) is 0 Å². The zero-order valence-corrected chi connectivity index (χ0v) is 11.8. The Morgan fingerprint density at radius 3 is 2.61 bits per heavy atom. The Labute approximate surface area is 114 Å². The van der Waals surface area contributed by atoms with Gasteiger partial charge in [-0.1, -0.05) is 25.4 Å². The Morgan fingerprint density at radius 1 is 1.33 bits per heavy atom. The maximum atomic E-state index is 8.78. The zero-order valence-electron chi connectivity index (χ0n) is 11.0. The van der Waals surface area contributed by atoms with E-state index < -0.39 is 0 Å². The Bertz CT molecular complexity index is 408. The highest BCUT2D eigenvalue weighted by Gasteiger charge is 2.01. The molecule has 18 heavy (non-hydrogen) atoms. The van der Waals surface area contributed by atoms with Crippen molar-refractivity contribution >= 4 is 17.3 Å². The minimum atomic E-state index is 0.506. The van der Waals surface area contributed by atoms with Crippen molar-refractivity contribution in [2.24, 2.45) is 0 Å². The standard InChI is InChI=1S/C14H20ClN3/c1-3-18(4-2)9-5-8-17-13-7-6-12(11-16)14(15)10-13/h6-7,10,17H,3-5,8-9H2,1-2H3. The molecule has 4 heteroatoms. The van der Waals surface area contributed by atoms with Gasteiger partial charge in [0.05, 0.1) is 10.6 Å². The monoisotopic (exact) mass is 265 g/mol. The minimum absolute atomic E-state index is 0.506.